The normalized spacial score (nSPS) is 15.9. The molecule has 0 amide bonds. The second kappa shape index (κ2) is 4.70. The van der Waals surface area contributed by atoms with Gasteiger partial charge in [-0.05, 0) is 42.8 Å². The number of halogens is 2. The van der Waals surface area contributed by atoms with Gasteiger partial charge in [-0.3, -0.25) is 4.79 Å². The highest BCUT2D eigenvalue weighted by atomic mass is 19.1. The van der Waals surface area contributed by atoms with Crippen LogP contribution in [-0.2, 0) is 11.2 Å². The van der Waals surface area contributed by atoms with E-state index >= 15 is 0 Å². The van der Waals surface area contributed by atoms with Crippen LogP contribution in [0.25, 0.3) is 0 Å². The summed E-state index contributed by atoms with van der Waals surface area (Å²) in [5, 5.41) is 3.06. The summed E-state index contributed by atoms with van der Waals surface area (Å²) in [6.45, 7) is 1.69. The molecule has 1 heterocycles. The molecule has 2 rings (SSSR count). The molecule has 4 heteroatoms. The van der Waals surface area contributed by atoms with Crippen molar-refractivity contribution in [3.8, 4) is 0 Å². The standard InChI is InChI=1S/C12H13F2NO/c13-10-1-2-12(14)9(4-10)5-11(16)3-8-6-15-7-8/h1-2,4,8,15H,3,5-7H2. The summed E-state index contributed by atoms with van der Waals surface area (Å²) in [4.78, 5) is 11.6. The van der Waals surface area contributed by atoms with Crippen molar-refractivity contribution in [3.63, 3.8) is 0 Å². The molecule has 0 spiro atoms. The number of hydrogen-bond donors (Lipinski definition) is 1. The third-order valence-corrected chi connectivity index (χ3v) is 2.78. The molecule has 0 unspecified atom stereocenters. The Morgan fingerprint density at radius 3 is 2.75 bits per heavy atom. The van der Waals surface area contributed by atoms with Crippen molar-refractivity contribution in [2.45, 2.75) is 12.8 Å². The quantitative estimate of drug-likeness (QED) is 0.844. The van der Waals surface area contributed by atoms with Crippen molar-refractivity contribution in [3.05, 3.63) is 35.4 Å². The zero-order chi connectivity index (χ0) is 11.5. The van der Waals surface area contributed by atoms with Gasteiger partial charge in [0.05, 0.1) is 0 Å². The topological polar surface area (TPSA) is 29.1 Å². The van der Waals surface area contributed by atoms with Crippen molar-refractivity contribution >= 4 is 5.78 Å². The molecular formula is C12H13F2NO. The molecule has 0 aromatic heterocycles. The molecule has 16 heavy (non-hydrogen) atoms. The van der Waals surface area contributed by atoms with Crippen molar-refractivity contribution in [1.82, 2.24) is 5.32 Å². The summed E-state index contributed by atoms with van der Waals surface area (Å²) < 4.78 is 26.1. The maximum Gasteiger partial charge on any atom is 0.137 e. The van der Waals surface area contributed by atoms with E-state index in [1.165, 1.54) is 0 Å². The van der Waals surface area contributed by atoms with Gasteiger partial charge < -0.3 is 5.32 Å². The van der Waals surface area contributed by atoms with Gasteiger partial charge in [-0.25, -0.2) is 8.78 Å². The van der Waals surface area contributed by atoms with Gasteiger partial charge in [-0.15, -0.1) is 0 Å². The Labute approximate surface area is 92.7 Å². The molecule has 86 valence electrons. The lowest BCUT2D eigenvalue weighted by atomic mass is 9.94. The molecule has 0 aliphatic carbocycles. The first-order valence-electron chi connectivity index (χ1n) is 5.31. The SMILES string of the molecule is O=C(Cc1cc(F)ccc1F)CC1CNC1. The molecule has 1 saturated heterocycles. The second-order valence-corrected chi connectivity index (χ2v) is 4.18. The fourth-order valence-corrected chi connectivity index (χ4v) is 1.78. The molecule has 1 N–H and O–H groups in total. The van der Waals surface area contributed by atoms with Crippen molar-refractivity contribution < 1.29 is 13.6 Å². The summed E-state index contributed by atoms with van der Waals surface area (Å²) >= 11 is 0. The third-order valence-electron chi connectivity index (χ3n) is 2.78. The van der Waals surface area contributed by atoms with Crippen LogP contribution in [-0.4, -0.2) is 18.9 Å². The van der Waals surface area contributed by atoms with Crippen LogP contribution in [0.4, 0.5) is 8.78 Å². The molecule has 1 aliphatic rings. The van der Waals surface area contributed by atoms with E-state index in [2.05, 4.69) is 5.32 Å². The van der Waals surface area contributed by atoms with E-state index < -0.39 is 11.6 Å². The highest BCUT2D eigenvalue weighted by Gasteiger charge is 2.20. The van der Waals surface area contributed by atoms with Crippen LogP contribution < -0.4 is 5.32 Å². The van der Waals surface area contributed by atoms with Crippen molar-refractivity contribution in [1.29, 1.82) is 0 Å². The Kier molecular flexibility index (Phi) is 3.29. The first kappa shape index (κ1) is 11.2. The fraction of sp³-hybridized carbons (Fsp3) is 0.417. The van der Waals surface area contributed by atoms with Crippen LogP contribution in [0.5, 0.6) is 0 Å². The van der Waals surface area contributed by atoms with Crippen molar-refractivity contribution in [2.75, 3.05) is 13.1 Å². The molecule has 2 nitrogen and oxygen atoms in total. The van der Waals surface area contributed by atoms with Gasteiger partial charge in [-0.1, -0.05) is 0 Å². The van der Waals surface area contributed by atoms with Crippen LogP contribution >= 0.6 is 0 Å². The Balaban J connectivity index is 1.96. The number of Topliss-reactive ketones (excluding diaryl/α,β-unsaturated/α-hetero) is 1. The highest BCUT2D eigenvalue weighted by Crippen LogP contribution is 2.14. The summed E-state index contributed by atoms with van der Waals surface area (Å²) in [5.74, 6) is -0.684. The monoisotopic (exact) mass is 225 g/mol. The van der Waals surface area contributed by atoms with Gasteiger partial charge in [-0.2, -0.15) is 0 Å². The molecule has 1 aliphatic heterocycles. The third kappa shape index (κ3) is 2.64. The molecule has 0 saturated carbocycles. The molecule has 0 radical (unpaired) electrons. The number of nitrogens with one attached hydrogen (secondary N) is 1. The Bertz CT molecular complexity index is 402. The zero-order valence-corrected chi connectivity index (χ0v) is 8.80. The molecular weight excluding hydrogens is 212 g/mol. The lowest BCUT2D eigenvalue weighted by Crippen LogP contribution is -2.43. The molecule has 1 aromatic carbocycles. The smallest absolute Gasteiger partial charge is 0.137 e. The Morgan fingerprint density at radius 2 is 2.12 bits per heavy atom. The largest absolute Gasteiger partial charge is 0.316 e. The minimum Gasteiger partial charge on any atom is -0.316 e. The summed E-state index contributed by atoms with van der Waals surface area (Å²) in [6, 6.07) is 3.20. The van der Waals surface area contributed by atoms with Gasteiger partial charge in [0.15, 0.2) is 0 Å². The van der Waals surface area contributed by atoms with Gasteiger partial charge in [0.1, 0.15) is 17.4 Å². The number of hydrogen-bond acceptors (Lipinski definition) is 2. The van der Waals surface area contributed by atoms with E-state index in [1.807, 2.05) is 0 Å². The van der Waals surface area contributed by atoms with E-state index in [0.29, 0.717) is 12.3 Å². The van der Waals surface area contributed by atoms with Crippen LogP contribution in [0.15, 0.2) is 18.2 Å². The number of benzene rings is 1. The summed E-state index contributed by atoms with van der Waals surface area (Å²) in [5.41, 5.74) is 0.150. The van der Waals surface area contributed by atoms with Crippen LogP contribution in [0.1, 0.15) is 12.0 Å². The zero-order valence-electron chi connectivity index (χ0n) is 8.80. The average Bonchev–Trinajstić information content (AvgIpc) is 2.18. The van der Waals surface area contributed by atoms with E-state index in [4.69, 9.17) is 0 Å². The number of ketones is 1. The molecule has 0 bridgehead atoms. The first-order valence-corrected chi connectivity index (χ1v) is 5.31. The van der Waals surface area contributed by atoms with Gasteiger partial charge >= 0.3 is 0 Å². The maximum absolute atomic E-state index is 13.2. The Morgan fingerprint density at radius 1 is 1.38 bits per heavy atom. The first-order chi connectivity index (χ1) is 7.65. The fourth-order valence-electron chi connectivity index (χ4n) is 1.78. The predicted molar refractivity (Wildman–Crippen MR) is 56.0 cm³/mol. The lowest BCUT2D eigenvalue weighted by Gasteiger charge is -2.26. The van der Waals surface area contributed by atoms with Crippen LogP contribution in [0.2, 0.25) is 0 Å². The second-order valence-electron chi connectivity index (χ2n) is 4.18. The van der Waals surface area contributed by atoms with Crippen LogP contribution in [0.3, 0.4) is 0 Å². The molecule has 0 atom stereocenters. The van der Waals surface area contributed by atoms with E-state index in [0.717, 1.165) is 31.3 Å². The minimum atomic E-state index is -0.513. The minimum absolute atomic E-state index is 0.0138. The van der Waals surface area contributed by atoms with Gasteiger partial charge in [0, 0.05) is 12.8 Å². The summed E-state index contributed by atoms with van der Waals surface area (Å²) in [6.07, 6.45) is 0.434. The van der Waals surface area contributed by atoms with Crippen molar-refractivity contribution in [2.24, 2.45) is 5.92 Å². The van der Waals surface area contributed by atoms with Gasteiger partial charge in [0.2, 0.25) is 0 Å². The van der Waals surface area contributed by atoms with E-state index in [9.17, 15) is 13.6 Å². The highest BCUT2D eigenvalue weighted by molar-refractivity contribution is 5.81. The Hall–Kier alpha value is -1.29. The van der Waals surface area contributed by atoms with Crippen LogP contribution in [0, 0.1) is 17.6 Å². The maximum atomic E-state index is 13.2. The molecule has 1 aromatic rings. The molecule has 1 fully saturated rings. The van der Waals surface area contributed by atoms with E-state index in [1.54, 1.807) is 0 Å². The number of carbonyl (C=O) groups is 1. The average molecular weight is 225 g/mol. The summed E-state index contributed by atoms with van der Waals surface area (Å²) in [7, 11) is 0. The number of rotatable bonds is 4. The predicted octanol–water partition coefficient (Wildman–Crippen LogP) is 1.69. The van der Waals surface area contributed by atoms with Gasteiger partial charge in [0.25, 0.3) is 0 Å². The lowest BCUT2D eigenvalue weighted by molar-refractivity contribution is -0.119. The van der Waals surface area contributed by atoms with E-state index in [-0.39, 0.29) is 17.8 Å². The number of carbonyl (C=O) groups excluding carboxylic acids is 1.